The summed E-state index contributed by atoms with van der Waals surface area (Å²) < 4.78 is 1.87. The molecule has 0 aliphatic heterocycles. The number of hydrogen-bond donors (Lipinski definition) is 1. The van der Waals surface area contributed by atoms with Crippen LogP contribution in [0.3, 0.4) is 0 Å². The zero-order chi connectivity index (χ0) is 15.6. The number of amides is 1. The van der Waals surface area contributed by atoms with E-state index in [1.54, 1.807) is 12.1 Å². The van der Waals surface area contributed by atoms with Gasteiger partial charge in [-0.1, -0.05) is 15.9 Å². The molecule has 2 aromatic rings. The Hall–Kier alpha value is -1.25. The Morgan fingerprint density at radius 1 is 1.05 bits per heavy atom. The Labute approximate surface area is 145 Å². The minimum Gasteiger partial charge on any atom is -0.321 e. The zero-order valence-corrected chi connectivity index (χ0v) is 15.0. The average molecular weight is 479 g/mol. The van der Waals surface area contributed by atoms with Gasteiger partial charge in [-0.3, -0.25) is 14.9 Å². The highest BCUT2D eigenvalue weighted by Gasteiger charge is 2.14. The van der Waals surface area contributed by atoms with Crippen LogP contribution in [-0.2, 0) is 0 Å². The molecule has 2 aromatic carbocycles. The van der Waals surface area contributed by atoms with E-state index in [9.17, 15) is 14.9 Å². The average Bonchev–Trinajstić information content (AvgIpc) is 2.43. The maximum absolute atomic E-state index is 12.2. The molecule has 2 rings (SSSR count). The Morgan fingerprint density at radius 2 is 1.76 bits per heavy atom. The van der Waals surface area contributed by atoms with E-state index in [-0.39, 0.29) is 11.6 Å². The Bertz CT molecular complexity index is 735. The third kappa shape index (κ3) is 3.90. The number of carbonyl (C=O) groups excluding carboxylic acids is 1. The van der Waals surface area contributed by atoms with Crippen molar-refractivity contribution in [3.05, 3.63) is 65.5 Å². The van der Waals surface area contributed by atoms with E-state index in [4.69, 9.17) is 0 Å². The number of benzene rings is 2. The lowest BCUT2D eigenvalue weighted by Crippen LogP contribution is -2.13. The number of carbonyl (C=O) groups is 1. The summed E-state index contributed by atoms with van der Waals surface area (Å²) in [6, 6.07) is 9.39. The number of hydrogen-bond acceptors (Lipinski definition) is 3. The highest BCUT2D eigenvalue weighted by atomic mass is 79.9. The first-order valence-corrected chi connectivity index (χ1v) is 7.96. The summed E-state index contributed by atoms with van der Waals surface area (Å²) in [6.45, 7) is 0. The standard InChI is InChI=1S/C13H7Br3N2O3/c14-7-1-3-10(15)9(5-7)13(19)17-12-4-2-8(18(20)21)6-11(12)16/h1-6H,(H,17,19). The van der Waals surface area contributed by atoms with Crippen LogP contribution in [-0.4, -0.2) is 10.8 Å². The largest absolute Gasteiger partial charge is 0.321 e. The second-order valence-electron chi connectivity index (χ2n) is 4.00. The van der Waals surface area contributed by atoms with Gasteiger partial charge >= 0.3 is 0 Å². The van der Waals surface area contributed by atoms with Gasteiger partial charge in [0.15, 0.2) is 0 Å². The molecule has 0 spiro atoms. The molecule has 0 heterocycles. The second kappa shape index (κ2) is 6.67. The third-order valence-corrected chi connectivity index (χ3v) is 4.43. The van der Waals surface area contributed by atoms with Crippen LogP contribution in [0.5, 0.6) is 0 Å². The van der Waals surface area contributed by atoms with Crippen LogP contribution >= 0.6 is 47.8 Å². The number of rotatable bonds is 3. The first-order valence-electron chi connectivity index (χ1n) is 5.59. The lowest BCUT2D eigenvalue weighted by Gasteiger charge is -2.09. The summed E-state index contributed by atoms with van der Waals surface area (Å²) >= 11 is 9.83. The molecule has 0 aromatic heterocycles. The molecule has 0 fully saturated rings. The van der Waals surface area contributed by atoms with Crippen molar-refractivity contribution in [3.8, 4) is 0 Å². The number of anilines is 1. The summed E-state index contributed by atoms with van der Waals surface area (Å²) in [5.74, 6) is -0.322. The molecule has 0 atom stereocenters. The van der Waals surface area contributed by atoms with Crippen LogP contribution in [0, 0.1) is 10.1 Å². The molecule has 0 bridgehead atoms. The summed E-state index contributed by atoms with van der Waals surface area (Å²) in [6.07, 6.45) is 0. The van der Waals surface area contributed by atoms with E-state index >= 15 is 0 Å². The maximum Gasteiger partial charge on any atom is 0.270 e. The molecule has 21 heavy (non-hydrogen) atoms. The van der Waals surface area contributed by atoms with E-state index in [2.05, 4.69) is 53.1 Å². The van der Waals surface area contributed by atoms with Gasteiger partial charge in [0.05, 0.1) is 16.2 Å². The van der Waals surface area contributed by atoms with Gasteiger partial charge in [0.2, 0.25) is 0 Å². The molecule has 0 aliphatic rings. The van der Waals surface area contributed by atoms with E-state index in [0.29, 0.717) is 20.2 Å². The van der Waals surface area contributed by atoms with Crippen molar-refractivity contribution in [2.75, 3.05) is 5.32 Å². The minimum atomic E-state index is -0.499. The Balaban J connectivity index is 2.27. The predicted molar refractivity (Wildman–Crippen MR) is 90.6 cm³/mol. The Morgan fingerprint density at radius 3 is 2.38 bits per heavy atom. The highest BCUT2D eigenvalue weighted by molar-refractivity contribution is 9.11. The minimum absolute atomic E-state index is 0.0523. The van der Waals surface area contributed by atoms with Gasteiger partial charge in [-0.2, -0.15) is 0 Å². The van der Waals surface area contributed by atoms with Crippen molar-refractivity contribution in [3.63, 3.8) is 0 Å². The monoisotopic (exact) mass is 476 g/mol. The second-order valence-corrected chi connectivity index (χ2v) is 6.62. The molecule has 0 radical (unpaired) electrons. The molecule has 0 saturated heterocycles. The fraction of sp³-hybridized carbons (Fsp3) is 0. The van der Waals surface area contributed by atoms with Crippen LogP contribution < -0.4 is 5.32 Å². The van der Waals surface area contributed by atoms with Crippen molar-refractivity contribution in [2.24, 2.45) is 0 Å². The number of nitrogens with one attached hydrogen (secondary N) is 1. The third-order valence-electron chi connectivity index (χ3n) is 2.58. The molecule has 8 heteroatoms. The molecule has 1 N–H and O–H groups in total. The van der Waals surface area contributed by atoms with Gasteiger partial charge in [0.25, 0.3) is 11.6 Å². The summed E-state index contributed by atoms with van der Waals surface area (Å²) in [5, 5.41) is 13.4. The number of halogens is 3. The molecule has 0 aliphatic carbocycles. The lowest BCUT2D eigenvalue weighted by atomic mass is 10.2. The van der Waals surface area contributed by atoms with E-state index in [1.165, 1.54) is 18.2 Å². The van der Waals surface area contributed by atoms with Crippen LogP contribution in [0.25, 0.3) is 0 Å². The van der Waals surface area contributed by atoms with E-state index in [0.717, 1.165) is 4.47 Å². The number of nitrogens with zero attached hydrogens (tertiary/aromatic N) is 1. The van der Waals surface area contributed by atoms with E-state index < -0.39 is 4.92 Å². The molecular weight excluding hydrogens is 472 g/mol. The molecule has 5 nitrogen and oxygen atoms in total. The van der Waals surface area contributed by atoms with Gasteiger partial charge in [0, 0.05) is 25.6 Å². The quantitative estimate of drug-likeness (QED) is 0.490. The van der Waals surface area contributed by atoms with Gasteiger partial charge in [-0.25, -0.2) is 0 Å². The van der Waals surface area contributed by atoms with Gasteiger partial charge in [-0.05, 0) is 56.1 Å². The van der Waals surface area contributed by atoms with Crippen LogP contribution in [0.4, 0.5) is 11.4 Å². The zero-order valence-electron chi connectivity index (χ0n) is 10.3. The van der Waals surface area contributed by atoms with E-state index in [1.807, 2.05) is 6.07 Å². The predicted octanol–water partition coefficient (Wildman–Crippen LogP) is 5.13. The van der Waals surface area contributed by atoms with Gasteiger partial charge in [-0.15, -0.1) is 0 Å². The van der Waals surface area contributed by atoms with Crippen molar-refractivity contribution in [2.45, 2.75) is 0 Å². The molecule has 0 saturated carbocycles. The number of nitro groups is 1. The number of non-ortho nitro benzene ring substituents is 1. The van der Waals surface area contributed by atoms with Crippen molar-refractivity contribution in [1.29, 1.82) is 0 Å². The van der Waals surface area contributed by atoms with Crippen LogP contribution in [0.15, 0.2) is 49.8 Å². The first kappa shape index (κ1) is 16.1. The molecule has 0 unspecified atom stereocenters. The fourth-order valence-electron chi connectivity index (χ4n) is 1.58. The summed E-state index contributed by atoms with van der Waals surface area (Å²) in [4.78, 5) is 22.4. The van der Waals surface area contributed by atoms with Crippen LogP contribution in [0.2, 0.25) is 0 Å². The highest BCUT2D eigenvalue weighted by Crippen LogP contribution is 2.28. The maximum atomic E-state index is 12.2. The van der Waals surface area contributed by atoms with Gasteiger partial charge < -0.3 is 5.32 Å². The smallest absolute Gasteiger partial charge is 0.270 e. The summed E-state index contributed by atoms with van der Waals surface area (Å²) in [7, 11) is 0. The molecular formula is C13H7Br3N2O3. The molecule has 1 amide bonds. The first-order chi connectivity index (χ1) is 9.88. The fourth-order valence-corrected chi connectivity index (χ4v) is 2.83. The topological polar surface area (TPSA) is 72.2 Å². The summed E-state index contributed by atoms with van der Waals surface area (Å²) in [5.41, 5.74) is 0.857. The normalized spacial score (nSPS) is 10.2. The van der Waals surface area contributed by atoms with Gasteiger partial charge in [0.1, 0.15) is 0 Å². The van der Waals surface area contributed by atoms with Crippen molar-refractivity contribution in [1.82, 2.24) is 0 Å². The SMILES string of the molecule is O=C(Nc1ccc([N+](=O)[O-])cc1Br)c1cc(Br)ccc1Br. The lowest BCUT2D eigenvalue weighted by molar-refractivity contribution is -0.384. The van der Waals surface area contributed by atoms with Crippen molar-refractivity contribution < 1.29 is 9.72 Å². The Kier molecular flexibility index (Phi) is 5.13. The number of nitro benzene ring substituents is 1. The van der Waals surface area contributed by atoms with Crippen molar-refractivity contribution >= 4 is 65.1 Å². The van der Waals surface area contributed by atoms with Crippen LogP contribution in [0.1, 0.15) is 10.4 Å². The molecule has 108 valence electrons.